The lowest BCUT2D eigenvalue weighted by Gasteiger charge is -2.13. The van der Waals surface area contributed by atoms with Gasteiger partial charge in [0.25, 0.3) is 0 Å². The summed E-state index contributed by atoms with van der Waals surface area (Å²) >= 11 is 0. The highest BCUT2D eigenvalue weighted by atomic mass is 16.5. The highest BCUT2D eigenvalue weighted by Crippen LogP contribution is 2.27. The standard InChI is InChI=1S/C23H20N2O2/c1-16-13-18(10-11-22-25-20-8-3-4-9-21(20)27-22)14-17(2)23(16)26-15-19-7-5-6-12-24-19/h3-14H,15H2,1-2H3. The maximum Gasteiger partial charge on any atom is 0.220 e. The van der Waals surface area contributed by atoms with Crippen LogP contribution in [0, 0.1) is 13.8 Å². The van der Waals surface area contributed by atoms with Crippen molar-refractivity contribution in [1.29, 1.82) is 0 Å². The van der Waals surface area contributed by atoms with Crippen molar-refractivity contribution in [2.75, 3.05) is 0 Å². The normalized spacial score (nSPS) is 11.3. The Balaban J connectivity index is 1.52. The van der Waals surface area contributed by atoms with Gasteiger partial charge in [0.1, 0.15) is 17.9 Å². The van der Waals surface area contributed by atoms with E-state index in [0.717, 1.165) is 39.2 Å². The molecule has 0 atom stereocenters. The molecule has 0 bridgehead atoms. The lowest BCUT2D eigenvalue weighted by Crippen LogP contribution is -2.01. The molecule has 0 radical (unpaired) electrons. The molecule has 2 heterocycles. The van der Waals surface area contributed by atoms with Crippen molar-refractivity contribution in [1.82, 2.24) is 9.97 Å². The van der Waals surface area contributed by atoms with E-state index >= 15 is 0 Å². The molecule has 0 N–H and O–H groups in total. The Morgan fingerprint density at radius 1 is 0.963 bits per heavy atom. The van der Waals surface area contributed by atoms with Gasteiger partial charge in [0.05, 0.1) is 5.69 Å². The Morgan fingerprint density at radius 2 is 1.74 bits per heavy atom. The molecule has 4 nitrogen and oxygen atoms in total. The average molecular weight is 356 g/mol. The third-order valence-electron chi connectivity index (χ3n) is 4.30. The molecule has 2 aromatic carbocycles. The van der Waals surface area contributed by atoms with Gasteiger partial charge >= 0.3 is 0 Å². The van der Waals surface area contributed by atoms with Crippen LogP contribution >= 0.6 is 0 Å². The highest BCUT2D eigenvalue weighted by Gasteiger charge is 2.07. The van der Waals surface area contributed by atoms with Crippen molar-refractivity contribution in [2.24, 2.45) is 0 Å². The molecule has 0 unspecified atom stereocenters. The lowest BCUT2D eigenvalue weighted by atomic mass is 10.1. The van der Waals surface area contributed by atoms with Crippen molar-refractivity contribution >= 4 is 23.3 Å². The van der Waals surface area contributed by atoms with Gasteiger partial charge in [-0.15, -0.1) is 0 Å². The molecular formula is C23H20N2O2. The van der Waals surface area contributed by atoms with Crippen molar-refractivity contribution < 1.29 is 9.15 Å². The van der Waals surface area contributed by atoms with E-state index in [4.69, 9.17) is 9.15 Å². The monoisotopic (exact) mass is 356 g/mol. The molecule has 0 saturated carbocycles. The smallest absolute Gasteiger partial charge is 0.220 e. The summed E-state index contributed by atoms with van der Waals surface area (Å²) in [5, 5.41) is 0. The molecule has 4 aromatic rings. The number of benzene rings is 2. The van der Waals surface area contributed by atoms with Crippen molar-refractivity contribution in [3.63, 3.8) is 0 Å². The second kappa shape index (κ2) is 7.46. The average Bonchev–Trinajstić information content (AvgIpc) is 3.09. The van der Waals surface area contributed by atoms with Crippen LogP contribution in [0.25, 0.3) is 23.3 Å². The fourth-order valence-corrected chi connectivity index (χ4v) is 3.07. The Kier molecular flexibility index (Phi) is 4.71. The second-order valence-corrected chi connectivity index (χ2v) is 6.45. The third-order valence-corrected chi connectivity index (χ3v) is 4.30. The number of fused-ring (bicyclic) bond motifs is 1. The molecule has 0 spiro atoms. The molecule has 27 heavy (non-hydrogen) atoms. The molecule has 0 fully saturated rings. The van der Waals surface area contributed by atoms with E-state index < -0.39 is 0 Å². The first-order valence-corrected chi connectivity index (χ1v) is 8.87. The minimum atomic E-state index is 0.459. The zero-order valence-corrected chi connectivity index (χ0v) is 15.3. The molecule has 0 aliphatic carbocycles. The summed E-state index contributed by atoms with van der Waals surface area (Å²) in [7, 11) is 0. The van der Waals surface area contributed by atoms with Gasteiger partial charge in [0, 0.05) is 12.3 Å². The number of pyridine rings is 1. The van der Waals surface area contributed by atoms with E-state index in [1.165, 1.54) is 0 Å². The number of aryl methyl sites for hydroxylation is 2. The first kappa shape index (κ1) is 17.0. The van der Waals surface area contributed by atoms with Crippen LogP contribution in [-0.4, -0.2) is 9.97 Å². The van der Waals surface area contributed by atoms with Crippen LogP contribution in [0.2, 0.25) is 0 Å². The largest absolute Gasteiger partial charge is 0.487 e. The summed E-state index contributed by atoms with van der Waals surface area (Å²) in [5.74, 6) is 1.50. The number of hydrogen-bond acceptors (Lipinski definition) is 4. The van der Waals surface area contributed by atoms with E-state index in [1.54, 1.807) is 6.20 Å². The maximum atomic E-state index is 5.99. The maximum absolute atomic E-state index is 5.99. The number of nitrogens with zero attached hydrogens (tertiary/aromatic N) is 2. The Morgan fingerprint density at radius 3 is 2.48 bits per heavy atom. The molecule has 134 valence electrons. The molecule has 2 aromatic heterocycles. The minimum absolute atomic E-state index is 0.459. The zero-order chi connectivity index (χ0) is 18.6. The quantitative estimate of drug-likeness (QED) is 0.468. The van der Waals surface area contributed by atoms with Gasteiger partial charge in [0.2, 0.25) is 5.89 Å². The van der Waals surface area contributed by atoms with E-state index in [2.05, 4.69) is 35.9 Å². The molecular weight excluding hydrogens is 336 g/mol. The summed E-state index contributed by atoms with van der Waals surface area (Å²) in [6.45, 7) is 4.57. The summed E-state index contributed by atoms with van der Waals surface area (Å²) in [5.41, 5.74) is 5.82. The molecule has 0 aliphatic rings. The molecule has 4 heteroatoms. The van der Waals surface area contributed by atoms with Gasteiger partial charge in [-0.25, -0.2) is 4.98 Å². The van der Waals surface area contributed by atoms with Crippen LogP contribution < -0.4 is 4.74 Å². The molecule has 0 aliphatic heterocycles. The van der Waals surface area contributed by atoms with E-state index in [0.29, 0.717) is 12.5 Å². The Hall–Kier alpha value is -3.40. The van der Waals surface area contributed by atoms with Crippen LogP contribution in [0.5, 0.6) is 5.75 Å². The van der Waals surface area contributed by atoms with E-state index in [1.807, 2.05) is 54.6 Å². The Bertz CT molecular complexity index is 1040. The molecule has 4 rings (SSSR count). The first-order valence-electron chi connectivity index (χ1n) is 8.87. The highest BCUT2D eigenvalue weighted by molar-refractivity contribution is 5.76. The van der Waals surface area contributed by atoms with E-state index in [9.17, 15) is 0 Å². The third kappa shape index (κ3) is 3.90. The van der Waals surface area contributed by atoms with Crippen molar-refractivity contribution in [2.45, 2.75) is 20.5 Å². The van der Waals surface area contributed by atoms with Gasteiger partial charge in [-0.05, 0) is 73.0 Å². The second-order valence-electron chi connectivity index (χ2n) is 6.45. The zero-order valence-electron chi connectivity index (χ0n) is 15.3. The number of para-hydroxylation sites is 2. The van der Waals surface area contributed by atoms with Gasteiger partial charge in [0.15, 0.2) is 5.58 Å². The van der Waals surface area contributed by atoms with Crippen LogP contribution in [0.15, 0.2) is 65.2 Å². The van der Waals surface area contributed by atoms with Crippen molar-refractivity contribution in [3.05, 3.63) is 89.1 Å². The predicted octanol–water partition coefficient (Wildman–Crippen LogP) is 5.59. The van der Waals surface area contributed by atoms with Crippen molar-refractivity contribution in [3.8, 4) is 5.75 Å². The molecule has 0 amide bonds. The summed E-state index contributed by atoms with van der Waals surface area (Å²) in [6.07, 6.45) is 5.67. The van der Waals surface area contributed by atoms with Gasteiger partial charge in [-0.2, -0.15) is 0 Å². The summed E-state index contributed by atoms with van der Waals surface area (Å²) in [6, 6.07) is 17.8. The summed E-state index contributed by atoms with van der Waals surface area (Å²) < 4.78 is 11.7. The predicted molar refractivity (Wildman–Crippen MR) is 107 cm³/mol. The van der Waals surface area contributed by atoms with Crippen LogP contribution in [-0.2, 0) is 6.61 Å². The summed E-state index contributed by atoms with van der Waals surface area (Å²) in [4.78, 5) is 8.77. The number of aromatic nitrogens is 2. The number of oxazole rings is 1. The lowest BCUT2D eigenvalue weighted by molar-refractivity contribution is 0.297. The van der Waals surface area contributed by atoms with Crippen LogP contribution in [0.3, 0.4) is 0 Å². The van der Waals surface area contributed by atoms with Crippen LogP contribution in [0.1, 0.15) is 28.3 Å². The van der Waals surface area contributed by atoms with Crippen LogP contribution in [0.4, 0.5) is 0 Å². The fourth-order valence-electron chi connectivity index (χ4n) is 3.07. The fraction of sp³-hybridized carbons (Fsp3) is 0.130. The molecule has 0 saturated heterocycles. The van der Waals surface area contributed by atoms with Gasteiger partial charge in [-0.3, -0.25) is 4.98 Å². The Labute approximate surface area is 158 Å². The number of rotatable bonds is 5. The number of ether oxygens (including phenoxy) is 1. The topological polar surface area (TPSA) is 48.2 Å². The van der Waals surface area contributed by atoms with E-state index in [-0.39, 0.29) is 0 Å². The number of hydrogen-bond donors (Lipinski definition) is 0. The first-order chi connectivity index (χ1) is 13.2. The minimum Gasteiger partial charge on any atom is -0.487 e. The van der Waals surface area contributed by atoms with Gasteiger partial charge in [-0.1, -0.05) is 18.2 Å². The SMILES string of the molecule is Cc1cc(C=Cc2nc3ccccc3o2)cc(C)c1OCc1ccccn1. The van der Waals surface area contributed by atoms with Gasteiger partial charge < -0.3 is 9.15 Å².